The molecule has 25 heavy (non-hydrogen) atoms. The lowest BCUT2D eigenvalue weighted by atomic mass is 9.93. The lowest BCUT2D eigenvalue weighted by Gasteiger charge is -2.28. The van der Waals surface area contributed by atoms with E-state index in [2.05, 4.69) is 10.6 Å². The molecular weight excluding hydrogens is 343 g/mol. The Morgan fingerprint density at radius 1 is 1.16 bits per heavy atom. The van der Waals surface area contributed by atoms with E-state index in [0.717, 1.165) is 0 Å². The van der Waals surface area contributed by atoms with Crippen molar-refractivity contribution in [2.45, 2.75) is 32.7 Å². The third-order valence-electron chi connectivity index (χ3n) is 3.76. The Kier molecular flexibility index (Phi) is 5.80. The van der Waals surface area contributed by atoms with Crippen LogP contribution < -0.4 is 10.6 Å². The van der Waals surface area contributed by atoms with Crippen LogP contribution in [0.5, 0.6) is 0 Å². The number of halogens is 2. The number of carbonyl (C=O) groups excluding carboxylic acids is 2. The number of amides is 2. The highest BCUT2D eigenvalue weighted by Gasteiger charge is 2.26. The van der Waals surface area contributed by atoms with Crippen LogP contribution in [0.4, 0.5) is 10.1 Å². The Morgan fingerprint density at radius 2 is 1.88 bits per heavy atom. The van der Waals surface area contributed by atoms with E-state index in [1.54, 1.807) is 51.1 Å². The van der Waals surface area contributed by atoms with Crippen LogP contribution in [0, 0.1) is 5.82 Å². The third kappa shape index (κ3) is 4.79. The van der Waals surface area contributed by atoms with E-state index in [-0.39, 0.29) is 16.8 Å². The molecular formula is C19H20ClFN2O2. The molecule has 2 aromatic carbocycles. The second-order valence-electron chi connectivity index (χ2n) is 6.19. The molecule has 0 saturated heterocycles. The summed E-state index contributed by atoms with van der Waals surface area (Å²) in [6, 6.07) is 10.7. The first-order valence-electron chi connectivity index (χ1n) is 7.91. The Balaban J connectivity index is 2.20. The normalized spacial score (nSPS) is 11.1. The minimum Gasteiger partial charge on any atom is -0.343 e. The zero-order valence-electron chi connectivity index (χ0n) is 14.3. The van der Waals surface area contributed by atoms with Crippen LogP contribution in [0.15, 0.2) is 42.5 Å². The van der Waals surface area contributed by atoms with Crippen molar-refractivity contribution in [2.24, 2.45) is 0 Å². The molecule has 2 amide bonds. The van der Waals surface area contributed by atoms with Gasteiger partial charge in [0.2, 0.25) is 5.91 Å². The van der Waals surface area contributed by atoms with Crippen molar-refractivity contribution in [3.05, 3.63) is 64.4 Å². The summed E-state index contributed by atoms with van der Waals surface area (Å²) in [4.78, 5) is 24.1. The SMILES string of the molecule is CCC(=O)Nc1cccc(C(=O)NC(C)(C)c2ccc(F)cc2Cl)c1. The van der Waals surface area contributed by atoms with Crippen molar-refractivity contribution >= 4 is 29.1 Å². The number of hydrogen-bond acceptors (Lipinski definition) is 2. The predicted octanol–water partition coefficient (Wildman–Crippen LogP) is 4.49. The minimum atomic E-state index is -0.801. The van der Waals surface area contributed by atoms with Gasteiger partial charge >= 0.3 is 0 Å². The fraction of sp³-hybridized carbons (Fsp3) is 0.263. The van der Waals surface area contributed by atoms with Gasteiger partial charge in [-0.2, -0.15) is 0 Å². The highest BCUT2D eigenvalue weighted by atomic mass is 35.5. The van der Waals surface area contributed by atoms with Crippen LogP contribution in [0.2, 0.25) is 5.02 Å². The van der Waals surface area contributed by atoms with Crippen LogP contribution in [0.3, 0.4) is 0 Å². The second-order valence-corrected chi connectivity index (χ2v) is 6.59. The maximum absolute atomic E-state index is 13.2. The van der Waals surface area contributed by atoms with Crippen molar-refractivity contribution in [3.8, 4) is 0 Å². The molecule has 0 aliphatic carbocycles. The summed E-state index contributed by atoms with van der Waals surface area (Å²) in [6.45, 7) is 5.32. The Hall–Kier alpha value is -2.40. The van der Waals surface area contributed by atoms with Crippen molar-refractivity contribution in [3.63, 3.8) is 0 Å². The largest absolute Gasteiger partial charge is 0.343 e. The molecule has 6 heteroatoms. The molecule has 0 bridgehead atoms. The highest BCUT2D eigenvalue weighted by molar-refractivity contribution is 6.31. The Bertz CT molecular complexity index is 806. The smallest absolute Gasteiger partial charge is 0.252 e. The van der Waals surface area contributed by atoms with E-state index in [0.29, 0.717) is 23.2 Å². The third-order valence-corrected chi connectivity index (χ3v) is 4.07. The Labute approximate surface area is 151 Å². The van der Waals surface area contributed by atoms with Crippen molar-refractivity contribution in [1.82, 2.24) is 5.32 Å². The first-order valence-corrected chi connectivity index (χ1v) is 8.28. The van der Waals surface area contributed by atoms with Crippen LogP contribution in [0.25, 0.3) is 0 Å². The molecule has 2 aromatic rings. The van der Waals surface area contributed by atoms with Gasteiger partial charge in [0.15, 0.2) is 0 Å². The molecule has 0 saturated carbocycles. The number of carbonyl (C=O) groups is 2. The minimum absolute atomic E-state index is 0.129. The lowest BCUT2D eigenvalue weighted by Crippen LogP contribution is -2.41. The molecule has 0 spiro atoms. The van der Waals surface area contributed by atoms with E-state index in [9.17, 15) is 14.0 Å². The molecule has 0 atom stereocenters. The highest BCUT2D eigenvalue weighted by Crippen LogP contribution is 2.28. The van der Waals surface area contributed by atoms with Gasteiger partial charge in [-0.05, 0) is 49.7 Å². The number of hydrogen-bond donors (Lipinski definition) is 2. The number of benzene rings is 2. The van der Waals surface area contributed by atoms with Crippen LogP contribution in [-0.4, -0.2) is 11.8 Å². The van der Waals surface area contributed by atoms with Gasteiger partial charge in [0.05, 0.1) is 5.54 Å². The number of rotatable bonds is 5. The van der Waals surface area contributed by atoms with E-state index in [4.69, 9.17) is 11.6 Å². The van der Waals surface area contributed by atoms with E-state index in [1.807, 2.05) is 0 Å². The van der Waals surface area contributed by atoms with Crippen molar-refractivity contribution < 1.29 is 14.0 Å². The number of nitrogens with one attached hydrogen (secondary N) is 2. The first-order chi connectivity index (χ1) is 11.7. The molecule has 0 aromatic heterocycles. The molecule has 2 rings (SSSR count). The molecule has 4 nitrogen and oxygen atoms in total. The van der Waals surface area contributed by atoms with Crippen molar-refractivity contribution in [2.75, 3.05) is 5.32 Å². The topological polar surface area (TPSA) is 58.2 Å². The van der Waals surface area contributed by atoms with Crippen LogP contribution >= 0.6 is 11.6 Å². The maximum Gasteiger partial charge on any atom is 0.252 e. The zero-order chi connectivity index (χ0) is 18.6. The second kappa shape index (κ2) is 7.66. The summed E-state index contributed by atoms with van der Waals surface area (Å²) in [7, 11) is 0. The van der Waals surface area contributed by atoms with Gasteiger partial charge < -0.3 is 10.6 Å². The molecule has 0 fully saturated rings. The number of anilines is 1. The van der Waals surface area contributed by atoms with Gasteiger partial charge in [-0.3, -0.25) is 9.59 Å². The quantitative estimate of drug-likeness (QED) is 0.823. The van der Waals surface area contributed by atoms with E-state index in [1.165, 1.54) is 12.1 Å². The van der Waals surface area contributed by atoms with Crippen LogP contribution in [0.1, 0.15) is 43.1 Å². The summed E-state index contributed by atoms with van der Waals surface area (Å²) in [5.74, 6) is -0.885. The fourth-order valence-corrected chi connectivity index (χ4v) is 2.81. The van der Waals surface area contributed by atoms with Crippen molar-refractivity contribution in [1.29, 1.82) is 0 Å². The fourth-order valence-electron chi connectivity index (χ4n) is 2.41. The summed E-state index contributed by atoms with van der Waals surface area (Å²) in [5, 5.41) is 5.84. The zero-order valence-corrected chi connectivity index (χ0v) is 15.1. The summed E-state index contributed by atoms with van der Waals surface area (Å²) in [5.41, 5.74) is 0.765. The van der Waals surface area contributed by atoms with E-state index < -0.39 is 11.4 Å². The molecule has 2 N–H and O–H groups in total. The molecule has 132 valence electrons. The van der Waals surface area contributed by atoms with Gasteiger partial charge in [-0.1, -0.05) is 30.7 Å². The standard InChI is InChI=1S/C19H20ClFN2O2/c1-4-17(24)22-14-7-5-6-12(10-14)18(25)23-19(2,3)15-9-8-13(21)11-16(15)20/h5-11H,4H2,1-3H3,(H,22,24)(H,23,25). The molecule has 0 radical (unpaired) electrons. The molecule has 0 aliphatic rings. The van der Waals surface area contributed by atoms with Gasteiger partial charge in [0, 0.05) is 22.7 Å². The molecule has 0 unspecified atom stereocenters. The summed E-state index contributed by atoms with van der Waals surface area (Å²) >= 11 is 6.10. The first kappa shape index (κ1) is 18.9. The lowest BCUT2D eigenvalue weighted by molar-refractivity contribution is -0.115. The summed E-state index contributed by atoms with van der Waals surface area (Å²) in [6.07, 6.45) is 0.354. The Morgan fingerprint density at radius 3 is 2.52 bits per heavy atom. The average Bonchev–Trinajstić information content (AvgIpc) is 2.54. The van der Waals surface area contributed by atoms with Crippen LogP contribution in [-0.2, 0) is 10.3 Å². The monoisotopic (exact) mass is 362 g/mol. The van der Waals surface area contributed by atoms with E-state index >= 15 is 0 Å². The molecule has 0 heterocycles. The van der Waals surface area contributed by atoms with Gasteiger partial charge in [-0.25, -0.2) is 4.39 Å². The maximum atomic E-state index is 13.2. The average molecular weight is 363 g/mol. The molecule has 0 aliphatic heterocycles. The summed E-state index contributed by atoms with van der Waals surface area (Å²) < 4.78 is 13.2. The predicted molar refractivity (Wildman–Crippen MR) is 97.3 cm³/mol. The van der Waals surface area contributed by atoms with Gasteiger partial charge in [-0.15, -0.1) is 0 Å². The van der Waals surface area contributed by atoms with Gasteiger partial charge in [0.25, 0.3) is 5.91 Å². The van der Waals surface area contributed by atoms with Gasteiger partial charge in [0.1, 0.15) is 5.82 Å².